The number of carbonyl (C=O) groups is 2. The van der Waals surface area contributed by atoms with Crippen LogP contribution in [0.3, 0.4) is 0 Å². The molecule has 0 aromatic heterocycles. The highest BCUT2D eigenvalue weighted by Gasteiger charge is 2.03. The summed E-state index contributed by atoms with van der Waals surface area (Å²) in [5, 5.41) is 0. The maximum atomic E-state index is 11.1. The minimum Gasteiger partial charge on any atom is -0.427 e. The molecule has 14 heavy (non-hydrogen) atoms. The Hall–Kier alpha value is -1.64. The van der Waals surface area contributed by atoms with Crippen LogP contribution in [0, 0.1) is 6.92 Å². The summed E-state index contributed by atoms with van der Waals surface area (Å²) in [6, 6.07) is 6.46. The lowest BCUT2D eigenvalue weighted by molar-refractivity contribution is -0.134. The molecule has 0 N–H and O–H groups in total. The van der Waals surface area contributed by atoms with E-state index in [-0.39, 0.29) is 12.4 Å². The van der Waals surface area contributed by atoms with Crippen molar-refractivity contribution in [1.82, 2.24) is 0 Å². The van der Waals surface area contributed by atoms with Gasteiger partial charge in [0.25, 0.3) is 0 Å². The Kier molecular flexibility index (Phi) is 3.85. The van der Waals surface area contributed by atoms with Crippen LogP contribution in [0.5, 0.6) is 5.75 Å². The van der Waals surface area contributed by atoms with Crippen molar-refractivity contribution in [2.75, 3.05) is 0 Å². The Morgan fingerprint density at radius 2 is 2.29 bits per heavy atom. The van der Waals surface area contributed by atoms with E-state index < -0.39 is 0 Å². The normalized spacial score (nSPS) is 9.50. The van der Waals surface area contributed by atoms with Gasteiger partial charge in [-0.1, -0.05) is 19.1 Å². The molecular weight excluding hydrogens is 180 g/mol. The molecule has 3 nitrogen and oxygen atoms in total. The third-order valence-corrected chi connectivity index (χ3v) is 1.61. The van der Waals surface area contributed by atoms with Crippen molar-refractivity contribution in [3.05, 3.63) is 36.8 Å². The first-order valence-corrected chi connectivity index (χ1v) is 4.31. The fourth-order valence-corrected chi connectivity index (χ4v) is 0.978. The number of esters is 1. The van der Waals surface area contributed by atoms with E-state index in [1.165, 1.54) is 6.07 Å². The molecule has 1 aromatic rings. The second-order valence-corrected chi connectivity index (χ2v) is 2.77. The summed E-state index contributed by atoms with van der Waals surface area (Å²) < 4.78 is 4.96. The Balaban J connectivity index is 2.66. The minimum atomic E-state index is -0.331. The van der Waals surface area contributed by atoms with Crippen molar-refractivity contribution in [3.8, 4) is 5.75 Å². The molecule has 1 radical (unpaired) electrons. The number of benzene rings is 1. The number of aldehydes is 1. The summed E-state index contributed by atoms with van der Waals surface area (Å²) in [6.45, 7) is 3.54. The molecule has 73 valence electrons. The van der Waals surface area contributed by atoms with Gasteiger partial charge in [-0.25, -0.2) is 0 Å². The van der Waals surface area contributed by atoms with Crippen LogP contribution in [-0.4, -0.2) is 12.3 Å². The van der Waals surface area contributed by atoms with Crippen LogP contribution in [0.15, 0.2) is 24.3 Å². The first-order valence-electron chi connectivity index (χ1n) is 4.31. The Labute approximate surface area is 82.7 Å². The number of ether oxygens (including phenoxy) is 1. The summed E-state index contributed by atoms with van der Waals surface area (Å²) in [4.78, 5) is 21.5. The van der Waals surface area contributed by atoms with E-state index in [0.29, 0.717) is 24.0 Å². The summed E-state index contributed by atoms with van der Waals surface area (Å²) in [7, 11) is 0. The lowest BCUT2D eigenvalue weighted by Gasteiger charge is -2.02. The smallest absolute Gasteiger partial charge is 0.311 e. The third-order valence-electron chi connectivity index (χ3n) is 1.61. The highest BCUT2D eigenvalue weighted by molar-refractivity contribution is 5.77. The van der Waals surface area contributed by atoms with Crippen LogP contribution in [0.2, 0.25) is 0 Å². The van der Waals surface area contributed by atoms with Gasteiger partial charge in [0, 0.05) is 12.0 Å². The zero-order chi connectivity index (χ0) is 10.4. The molecule has 1 rings (SSSR count). The van der Waals surface area contributed by atoms with Gasteiger partial charge in [-0.15, -0.1) is 0 Å². The largest absolute Gasteiger partial charge is 0.427 e. The third kappa shape index (κ3) is 3.01. The number of carbonyl (C=O) groups excluding carboxylic acids is 2. The molecule has 0 aliphatic carbocycles. The van der Waals surface area contributed by atoms with E-state index in [0.717, 1.165) is 0 Å². The zero-order valence-electron chi connectivity index (χ0n) is 7.73. The number of hydrogen-bond donors (Lipinski definition) is 0. The standard InChI is InChI=1S/C11H11O3/c1-2-4-11(13)14-10-6-3-5-9(7-10)8-12/h3,5-8H,1-2,4H2. The van der Waals surface area contributed by atoms with Crippen molar-refractivity contribution < 1.29 is 14.3 Å². The van der Waals surface area contributed by atoms with E-state index in [1.807, 2.05) is 0 Å². The van der Waals surface area contributed by atoms with E-state index in [4.69, 9.17) is 4.74 Å². The van der Waals surface area contributed by atoms with Gasteiger partial charge in [-0.05, 0) is 18.6 Å². The van der Waals surface area contributed by atoms with Crippen LogP contribution in [0.1, 0.15) is 23.2 Å². The van der Waals surface area contributed by atoms with Crippen molar-refractivity contribution in [2.24, 2.45) is 0 Å². The molecule has 0 atom stereocenters. The second-order valence-electron chi connectivity index (χ2n) is 2.77. The summed E-state index contributed by atoms with van der Waals surface area (Å²) >= 11 is 0. The van der Waals surface area contributed by atoms with Gasteiger partial charge in [0.1, 0.15) is 12.0 Å². The van der Waals surface area contributed by atoms with Gasteiger partial charge in [-0.2, -0.15) is 0 Å². The molecule has 0 spiro atoms. The topological polar surface area (TPSA) is 43.4 Å². The number of rotatable bonds is 4. The SMILES string of the molecule is [CH2]CCC(=O)Oc1cccc(C=O)c1. The maximum Gasteiger partial charge on any atom is 0.311 e. The fraction of sp³-hybridized carbons (Fsp3) is 0.182. The van der Waals surface area contributed by atoms with Gasteiger partial charge < -0.3 is 4.74 Å². The van der Waals surface area contributed by atoms with Crippen LogP contribution in [-0.2, 0) is 4.79 Å². The summed E-state index contributed by atoms with van der Waals surface area (Å²) in [5.74, 6) is 0.0658. The average molecular weight is 191 g/mol. The zero-order valence-corrected chi connectivity index (χ0v) is 7.73. The van der Waals surface area contributed by atoms with E-state index in [2.05, 4.69) is 6.92 Å². The van der Waals surface area contributed by atoms with Gasteiger partial charge in [0.2, 0.25) is 0 Å². The summed E-state index contributed by atoms with van der Waals surface area (Å²) in [6.07, 6.45) is 1.50. The average Bonchev–Trinajstić information content (AvgIpc) is 2.18. The Morgan fingerprint density at radius 1 is 1.50 bits per heavy atom. The molecule has 0 saturated carbocycles. The van der Waals surface area contributed by atoms with E-state index in [9.17, 15) is 9.59 Å². The Morgan fingerprint density at radius 3 is 2.93 bits per heavy atom. The first-order chi connectivity index (χ1) is 6.76. The van der Waals surface area contributed by atoms with Crippen molar-refractivity contribution in [2.45, 2.75) is 12.8 Å². The van der Waals surface area contributed by atoms with Gasteiger partial charge in [0.15, 0.2) is 0 Å². The van der Waals surface area contributed by atoms with Crippen LogP contribution < -0.4 is 4.74 Å². The molecule has 0 fully saturated rings. The lowest BCUT2D eigenvalue weighted by Crippen LogP contribution is -2.06. The van der Waals surface area contributed by atoms with Crippen LogP contribution in [0.25, 0.3) is 0 Å². The van der Waals surface area contributed by atoms with Crippen LogP contribution in [0.4, 0.5) is 0 Å². The summed E-state index contributed by atoms with van der Waals surface area (Å²) in [5.41, 5.74) is 0.491. The monoisotopic (exact) mass is 191 g/mol. The fourth-order valence-electron chi connectivity index (χ4n) is 0.978. The molecule has 0 saturated heterocycles. The molecule has 0 unspecified atom stereocenters. The van der Waals surface area contributed by atoms with E-state index in [1.54, 1.807) is 18.2 Å². The predicted octanol–water partition coefficient (Wildman–Crippen LogP) is 2.02. The molecule has 1 aromatic carbocycles. The van der Waals surface area contributed by atoms with Crippen molar-refractivity contribution in [1.29, 1.82) is 0 Å². The van der Waals surface area contributed by atoms with Crippen LogP contribution >= 0.6 is 0 Å². The van der Waals surface area contributed by atoms with Gasteiger partial charge in [0.05, 0.1) is 0 Å². The molecule has 0 bridgehead atoms. The van der Waals surface area contributed by atoms with Crippen molar-refractivity contribution >= 4 is 12.3 Å². The molecule has 0 aliphatic rings. The van der Waals surface area contributed by atoms with Crippen molar-refractivity contribution in [3.63, 3.8) is 0 Å². The molecule has 3 heteroatoms. The van der Waals surface area contributed by atoms with E-state index >= 15 is 0 Å². The lowest BCUT2D eigenvalue weighted by atomic mass is 10.2. The highest BCUT2D eigenvalue weighted by atomic mass is 16.5. The molecule has 0 amide bonds. The molecular formula is C11H11O3. The quantitative estimate of drug-likeness (QED) is 0.415. The highest BCUT2D eigenvalue weighted by Crippen LogP contribution is 2.12. The molecule has 0 heterocycles. The first kappa shape index (κ1) is 10.4. The second kappa shape index (κ2) is 5.17. The predicted molar refractivity (Wildman–Crippen MR) is 52.1 cm³/mol. The number of hydrogen-bond acceptors (Lipinski definition) is 3. The molecule has 0 aliphatic heterocycles. The van der Waals surface area contributed by atoms with Gasteiger partial charge >= 0.3 is 5.97 Å². The Bertz CT molecular complexity index is 331. The minimum absolute atomic E-state index is 0.283. The van der Waals surface area contributed by atoms with Gasteiger partial charge in [-0.3, -0.25) is 9.59 Å². The maximum absolute atomic E-state index is 11.1.